The minimum atomic E-state index is -0.375. The molecule has 0 saturated carbocycles. The van der Waals surface area contributed by atoms with Gasteiger partial charge in [-0.3, -0.25) is 15.6 Å². The van der Waals surface area contributed by atoms with Crippen LogP contribution in [0.5, 0.6) is 5.75 Å². The number of phenols is 1. The summed E-state index contributed by atoms with van der Waals surface area (Å²) in [5.74, 6) is -0.413. The fraction of sp³-hybridized carbons (Fsp3) is 0.211. The first-order valence-electron chi connectivity index (χ1n) is 7.82. The van der Waals surface area contributed by atoms with Crippen molar-refractivity contribution in [3.05, 3.63) is 71.8 Å². The van der Waals surface area contributed by atoms with E-state index in [1.807, 2.05) is 30.3 Å². The molecule has 0 bridgehead atoms. The average molecular weight is 310 g/mol. The third kappa shape index (κ3) is 4.88. The Morgan fingerprint density at radius 3 is 2.43 bits per heavy atom. The minimum Gasteiger partial charge on any atom is -0.507 e. The molecular weight excluding hydrogens is 288 g/mol. The molecule has 0 spiro atoms. The maximum atomic E-state index is 12.2. The summed E-state index contributed by atoms with van der Waals surface area (Å²) in [4.78, 5) is 12.2. The van der Waals surface area contributed by atoms with E-state index >= 15 is 0 Å². The summed E-state index contributed by atoms with van der Waals surface area (Å²) in [6, 6.07) is 16.3. The Balaban J connectivity index is 2.08. The molecule has 4 heteroatoms. The van der Waals surface area contributed by atoms with Gasteiger partial charge in [-0.15, -0.1) is 0 Å². The van der Waals surface area contributed by atoms with Crippen LogP contribution < -0.4 is 10.9 Å². The summed E-state index contributed by atoms with van der Waals surface area (Å²) >= 11 is 0. The van der Waals surface area contributed by atoms with Crippen molar-refractivity contribution in [3.63, 3.8) is 0 Å². The fourth-order valence-electron chi connectivity index (χ4n) is 2.17. The smallest absolute Gasteiger partial charge is 0.273 e. The van der Waals surface area contributed by atoms with Gasteiger partial charge < -0.3 is 5.11 Å². The molecule has 0 aliphatic rings. The summed E-state index contributed by atoms with van der Waals surface area (Å²) < 4.78 is 0. The van der Waals surface area contributed by atoms with Gasteiger partial charge in [0.2, 0.25) is 0 Å². The molecule has 0 saturated heterocycles. The van der Waals surface area contributed by atoms with Crippen molar-refractivity contribution < 1.29 is 9.90 Å². The Hall–Kier alpha value is -2.75. The quantitative estimate of drug-likeness (QED) is 0.537. The lowest BCUT2D eigenvalue weighted by Crippen LogP contribution is -2.36. The van der Waals surface area contributed by atoms with E-state index in [1.165, 1.54) is 6.07 Å². The summed E-state index contributed by atoms with van der Waals surface area (Å²) in [7, 11) is 0. The predicted octanol–water partition coefficient (Wildman–Crippen LogP) is 3.86. The van der Waals surface area contributed by atoms with Gasteiger partial charge in [-0.2, -0.15) is 0 Å². The van der Waals surface area contributed by atoms with Crippen molar-refractivity contribution in [2.45, 2.75) is 26.2 Å². The Labute approximate surface area is 136 Å². The first-order valence-corrected chi connectivity index (χ1v) is 7.82. The number of para-hydroxylation sites is 1. The predicted molar refractivity (Wildman–Crippen MR) is 92.7 cm³/mol. The number of benzene rings is 2. The van der Waals surface area contributed by atoms with Crippen LogP contribution >= 0.6 is 0 Å². The molecule has 2 aromatic carbocycles. The highest BCUT2D eigenvalue weighted by Gasteiger charge is 2.10. The number of carbonyl (C=O) groups is 1. The summed E-state index contributed by atoms with van der Waals surface area (Å²) in [6.07, 6.45) is 5.21. The zero-order valence-corrected chi connectivity index (χ0v) is 13.3. The molecule has 0 aromatic heterocycles. The van der Waals surface area contributed by atoms with E-state index in [0.717, 1.165) is 30.5 Å². The average Bonchev–Trinajstić information content (AvgIpc) is 2.59. The number of hydrogen-bond donors (Lipinski definition) is 3. The number of nitrogens with one attached hydrogen (secondary N) is 2. The van der Waals surface area contributed by atoms with Crippen molar-refractivity contribution in [2.24, 2.45) is 0 Å². The summed E-state index contributed by atoms with van der Waals surface area (Å²) in [5, 5.41) is 9.73. The second-order valence-corrected chi connectivity index (χ2v) is 5.22. The molecule has 2 aromatic rings. The molecule has 2 rings (SSSR count). The second-order valence-electron chi connectivity index (χ2n) is 5.22. The monoisotopic (exact) mass is 310 g/mol. The number of aromatic hydroxyl groups is 1. The fourth-order valence-corrected chi connectivity index (χ4v) is 2.17. The van der Waals surface area contributed by atoms with E-state index in [0.29, 0.717) is 0 Å². The molecule has 0 heterocycles. The van der Waals surface area contributed by atoms with Gasteiger partial charge in [0, 0.05) is 0 Å². The summed E-state index contributed by atoms with van der Waals surface area (Å²) in [6.45, 7) is 2.14. The highest BCUT2D eigenvalue weighted by Crippen LogP contribution is 2.16. The number of rotatable bonds is 7. The van der Waals surface area contributed by atoms with Gasteiger partial charge in [0.25, 0.3) is 5.91 Å². The van der Waals surface area contributed by atoms with E-state index < -0.39 is 0 Å². The zero-order valence-electron chi connectivity index (χ0n) is 13.3. The Morgan fingerprint density at radius 2 is 1.74 bits per heavy atom. The van der Waals surface area contributed by atoms with Crippen molar-refractivity contribution in [1.82, 2.24) is 10.9 Å². The van der Waals surface area contributed by atoms with Gasteiger partial charge in [0.05, 0.1) is 11.3 Å². The standard InChI is InChI=1S/C19H22N2O2/c1-2-3-5-13-17(15-10-6-4-7-11-15)20-21-19(23)16-12-8-9-14-18(16)22/h4,6-14,20,22H,2-3,5H2,1H3,(H,21,23)/b17-13-. The van der Waals surface area contributed by atoms with E-state index in [-0.39, 0.29) is 17.2 Å². The van der Waals surface area contributed by atoms with Gasteiger partial charge >= 0.3 is 0 Å². The van der Waals surface area contributed by atoms with Crippen LogP contribution in [0.4, 0.5) is 0 Å². The third-order valence-corrected chi connectivity index (χ3v) is 3.45. The number of carbonyl (C=O) groups excluding carboxylic acids is 1. The maximum Gasteiger partial charge on any atom is 0.273 e. The lowest BCUT2D eigenvalue weighted by Gasteiger charge is -2.13. The van der Waals surface area contributed by atoms with Crippen LogP contribution in [0.25, 0.3) is 5.70 Å². The molecule has 4 nitrogen and oxygen atoms in total. The van der Waals surface area contributed by atoms with Crippen molar-refractivity contribution in [3.8, 4) is 5.75 Å². The van der Waals surface area contributed by atoms with Crippen molar-refractivity contribution >= 4 is 11.6 Å². The van der Waals surface area contributed by atoms with Gasteiger partial charge in [-0.25, -0.2) is 0 Å². The molecule has 0 aliphatic carbocycles. The zero-order chi connectivity index (χ0) is 16.5. The number of hydrogen-bond acceptors (Lipinski definition) is 3. The highest BCUT2D eigenvalue weighted by atomic mass is 16.3. The number of hydrazine groups is 1. The highest BCUT2D eigenvalue weighted by molar-refractivity contribution is 5.96. The van der Waals surface area contributed by atoms with Gasteiger partial charge in [0.15, 0.2) is 0 Å². The van der Waals surface area contributed by atoms with Gasteiger partial charge in [-0.05, 0) is 30.5 Å². The molecule has 120 valence electrons. The normalized spacial score (nSPS) is 11.1. The number of unbranched alkanes of at least 4 members (excludes halogenated alkanes) is 2. The summed E-state index contributed by atoms with van der Waals surface area (Å²) in [5.41, 5.74) is 7.71. The Kier molecular flexibility index (Phi) is 6.24. The maximum absolute atomic E-state index is 12.2. The number of allylic oxidation sites excluding steroid dienone is 1. The van der Waals surface area contributed by atoms with E-state index in [9.17, 15) is 9.90 Å². The Bertz CT molecular complexity index is 666. The van der Waals surface area contributed by atoms with Crippen LogP contribution in [-0.2, 0) is 0 Å². The van der Waals surface area contributed by atoms with E-state index in [2.05, 4.69) is 23.9 Å². The molecule has 0 aliphatic heterocycles. The van der Waals surface area contributed by atoms with Crippen LogP contribution in [0.2, 0.25) is 0 Å². The van der Waals surface area contributed by atoms with Crippen LogP contribution in [0, 0.1) is 0 Å². The van der Waals surface area contributed by atoms with Crippen LogP contribution in [0.1, 0.15) is 42.1 Å². The largest absolute Gasteiger partial charge is 0.507 e. The second kappa shape index (κ2) is 8.63. The molecular formula is C19H22N2O2. The van der Waals surface area contributed by atoms with Crippen LogP contribution in [-0.4, -0.2) is 11.0 Å². The van der Waals surface area contributed by atoms with Crippen molar-refractivity contribution in [2.75, 3.05) is 0 Å². The lowest BCUT2D eigenvalue weighted by atomic mass is 10.1. The minimum absolute atomic E-state index is 0.0389. The van der Waals surface area contributed by atoms with E-state index in [1.54, 1.807) is 18.2 Å². The lowest BCUT2D eigenvalue weighted by molar-refractivity contribution is 0.0939. The first-order chi connectivity index (χ1) is 11.2. The third-order valence-electron chi connectivity index (χ3n) is 3.45. The van der Waals surface area contributed by atoms with E-state index in [4.69, 9.17) is 0 Å². The first kappa shape index (κ1) is 16.6. The molecule has 23 heavy (non-hydrogen) atoms. The molecule has 0 unspecified atom stereocenters. The van der Waals surface area contributed by atoms with Crippen LogP contribution in [0.3, 0.4) is 0 Å². The molecule has 0 radical (unpaired) electrons. The van der Waals surface area contributed by atoms with Crippen molar-refractivity contribution in [1.29, 1.82) is 0 Å². The SMILES string of the molecule is CCCC/C=C(\NNC(=O)c1ccccc1O)c1ccccc1. The molecule has 0 fully saturated rings. The number of phenolic OH excluding ortho intramolecular Hbond substituents is 1. The molecule has 0 atom stereocenters. The Morgan fingerprint density at radius 1 is 1.04 bits per heavy atom. The molecule has 1 amide bonds. The topological polar surface area (TPSA) is 61.4 Å². The van der Waals surface area contributed by atoms with Gasteiger partial charge in [0.1, 0.15) is 5.75 Å². The van der Waals surface area contributed by atoms with Crippen LogP contribution in [0.15, 0.2) is 60.7 Å². The molecule has 3 N–H and O–H groups in total. The van der Waals surface area contributed by atoms with Gasteiger partial charge in [-0.1, -0.05) is 61.9 Å². The number of amides is 1.